The fraction of sp³-hybridized carbons (Fsp3) is 0.412. The molecule has 0 spiro atoms. The van der Waals surface area contributed by atoms with Crippen LogP contribution in [0.25, 0.3) is 0 Å². The molecule has 1 aromatic carbocycles. The Labute approximate surface area is 134 Å². The first kappa shape index (κ1) is 15.2. The van der Waals surface area contributed by atoms with Gasteiger partial charge >= 0.3 is 0 Å². The third kappa shape index (κ3) is 3.54. The van der Waals surface area contributed by atoms with Gasteiger partial charge in [0.2, 0.25) is 5.91 Å². The zero-order valence-corrected chi connectivity index (χ0v) is 13.5. The number of rotatable bonds is 6. The fourth-order valence-corrected chi connectivity index (χ4v) is 3.24. The molecule has 1 amide bonds. The van der Waals surface area contributed by atoms with Crippen molar-refractivity contribution >= 4 is 17.2 Å². The van der Waals surface area contributed by atoms with Crippen LogP contribution in [0.1, 0.15) is 48.0 Å². The lowest BCUT2D eigenvalue weighted by Gasteiger charge is -2.19. The summed E-state index contributed by atoms with van der Waals surface area (Å²) in [7, 11) is 0. The normalized spacial score (nSPS) is 17.0. The molecule has 116 valence electrons. The molecular formula is C17H21N3OS. The second kappa shape index (κ2) is 6.58. The van der Waals surface area contributed by atoms with E-state index in [9.17, 15) is 4.79 Å². The SMILES string of the molecule is CC(C(=O)NCc1nc(C2CC2)cs1)C(N)c1ccccc1. The van der Waals surface area contributed by atoms with Crippen LogP contribution in [-0.2, 0) is 11.3 Å². The standard InChI is InChI=1S/C17H21N3OS/c1-11(16(18)13-5-3-2-4-6-13)17(21)19-9-15-20-14(10-22-15)12-7-8-12/h2-6,10-12,16H,7-9,18H2,1H3,(H,19,21). The Bertz CT molecular complexity index is 636. The van der Waals surface area contributed by atoms with Crippen molar-refractivity contribution in [1.82, 2.24) is 10.3 Å². The van der Waals surface area contributed by atoms with Gasteiger partial charge in [0, 0.05) is 17.3 Å². The maximum absolute atomic E-state index is 12.3. The Morgan fingerprint density at radius 2 is 2.14 bits per heavy atom. The van der Waals surface area contributed by atoms with Crippen molar-refractivity contribution in [3.63, 3.8) is 0 Å². The van der Waals surface area contributed by atoms with Crippen molar-refractivity contribution in [3.8, 4) is 0 Å². The third-order valence-electron chi connectivity index (χ3n) is 4.12. The van der Waals surface area contributed by atoms with E-state index >= 15 is 0 Å². The van der Waals surface area contributed by atoms with Gasteiger partial charge in [-0.3, -0.25) is 4.79 Å². The lowest BCUT2D eigenvalue weighted by Crippen LogP contribution is -2.35. The Hall–Kier alpha value is -1.72. The highest BCUT2D eigenvalue weighted by Crippen LogP contribution is 2.40. The predicted octanol–water partition coefficient (Wildman–Crippen LogP) is 2.97. The maximum atomic E-state index is 12.3. The molecule has 1 saturated carbocycles. The van der Waals surface area contributed by atoms with E-state index in [1.165, 1.54) is 18.5 Å². The highest BCUT2D eigenvalue weighted by Gasteiger charge is 2.26. The minimum atomic E-state index is -0.292. The molecule has 4 nitrogen and oxygen atoms in total. The molecule has 3 rings (SSSR count). The van der Waals surface area contributed by atoms with Crippen LogP contribution >= 0.6 is 11.3 Å². The van der Waals surface area contributed by atoms with Crippen LogP contribution in [0.15, 0.2) is 35.7 Å². The van der Waals surface area contributed by atoms with E-state index in [2.05, 4.69) is 15.7 Å². The van der Waals surface area contributed by atoms with Crippen LogP contribution in [0.4, 0.5) is 0 Å². The number of benzene rings is 1. The van der Waals surface area contributed by atoms with E-state index in [0.29, 0.717) is 12.5 Å². The summed E-state index contributed by atoms with van der Waals surface area (Å²) >= 11 is 1.62. The second-order valence-electron chi connectivity index (χ2n) is 5.88. The number of amides is 1. The topological polar surface area (TPSA) is 68.0 Å². The monoisotopic (exact) mass is 315 g/mol. The Balaban J connectivity index is 1.54. The summed E-state index contributed by atoms with van der Waals surface area (Å²) in [4.78, 5) is 16.8. The van der Waals surface area contributed by atoms with Gasteiger partial charge in [0.25, 0.3) is 0 Å². The number of thiazole rings is 1. The van der Waals surface area contributed by atoms with Crippen LogP contribution in [0, 0.1) is 5.92 Å². The van der Waals surface area contributed by atoms with E-state index in [1.54, 1.807) is 11.3 Å². The van der Waals surface area contributed by atoms with Crippen LogP contribution in [0.3, 0.4) is 0 Å². The Kier molecular flexibility index (Phi) is 4.55. The van der Waals surface area contributed by atoms with Gasteiger partial charge in [0.15, 0.2) is 0 Å². The first-order chi connectivity index (χ1) is 10.6. The zero-order chi connectivity index (χ0) is 15.5. The lowest BCUT2D eigenvalue weighted by atomic mass is 9.95. The lowest BCUT2D eigenvalue weighted by molar-refractivity contribution is -0.125. The second-order valence-corrected chi connectivity index (χ2v) is 6.83. The molecule has 0 bridgehead atoms. The van der Waals surface area contributed by atoms with Gasteiger partial charge in [0.1, 0.15) is 5.01 Å². The fourth-order valence-electron chi connectivity index (χ4n) is 2.42. The van der Waals surface area contributed by atoms with E-state index in [1.807, 2.05) is 37.3 Å². The van der Waals surface area contributed by atoms with E-state index < -0.39 is 0 Å². The van der Waals surface area contributed by atoms with Crippen LogP contribution in [0.2, 0.25) is 0 Å². The highest BCUT2D eigenvalue weighted by molar-refractivity contribution is 7.09. The number of nitrogens with two attached hydrogens (primary N) is 1. The molecule has 5 heteroatoms. The molecule has 2 atom stereocenters. The summed E-state index contributed by atoms with van der Waals surface area (Å²) in [5, 5.41) is 6.03. The maximum Gasteiger partial charge on any atom is 0.225 e. The molecule has 2 aromatic rings. The molecular weight excluding hydrogens is 294 g/mol. The average molecular weight is 315 g/mol. The molecule has 0 radical (unpaired) electrons. The molecule has 3 N–H and O–H groups in total. The van der Waals surface area contributed by atoms with Gasteiger partial charge < -0.3 is 11.1 Å². The van der Waals surface area contributed by atoms with Gasteiger partial charge in [-0.2, -0.15) is 0 Å². The number of carbonyl (C=O) groups is 1. The molecule has 1 aliphatic carbocycles. The van der Waals surface area contributed by atoms with Crippen LogP contribution in [0.5, 0.6) is 0 Å². The highest BCUT2D eigenvalue weighted by atomic mass is 32.1. The quantitative estimate of drug-likeness (QED) is 0.861. The Morgan fingerprint density at radius 3 is 2.82 bits per heavy atom. The smallest absolute Gasteiger partial charge is 0.225 e. The summed E-state index contributed by atoms with van der Waals surface area (Å²) in [5.74, 6) is 0.357. The first-order valence-electron chi connectivity index (χ1n) is 7.67. The summed E-state index contributed by atoms with van der Waals surface area (Å²) < 4.78 is 0. The summed E-state index contributed by atoms with van der Waals surface area (Å²) in [6.45, 7) is 2.35. The van der Waals surface area contributed by atoms with E-state index in [4.69, 9.17) is 5.73 Å². The van der Waals surface area contributed by atoms with Crippen molar-refractivity contribution < 1.29 is 4.79 Å². The molecule has 0 saturated heterocycles. The molecule has 0 aliphatic heterocycles. The minimum Gasteiger partial charge on any atom is -0.349 e. The van der Waals surface area contributed by atoms with Gasteiger partial charge in [-0.15, -0.1) is 11.3 Å². The molecule has 1 heterocycles. The summed E-state index contributed by atoms with van der Waals surface area (Å²) in [6, 6.07) is 9.44. The van der Waals surface area contributed by atoms with Crippen molar-refractivity contribution in [2.75, 3.05) is 0 Å². The average Bonchev–Trinajstić information content (AvgIpc) is 3.30. The number of nitrogens with zero attached hydrogens (tertiary/aromatic N) is 1. The van der Waals surface area contributed by atoms with Crippen molar-refractivity contribution in [2.24, 2.45) is 11.7 Å². The first-order valence-corrected chi connectivity index (χ1v) is 8.55. The van der Waals surface area contributed by atoms with E-state index in [0.717, 1.165) is 10.6 Å². The van der Waals surface area contributed by atoms with Gasteiger partial charge in [-0.1, -0.05) is 37.3 Å². The molecule has 22 heavy (non-hydrogen) atoms. The van der Waals surface area contributed by atoms with Crippen LogP contribution in [-0.4, -0.2) is 10.9 Å². The minimum absolute atomic E-state index is 0.0282. The number of nitrogens with one attached hydrogen (secondary N) is 1. The summed E-state index contributed by atoms with van der Waals surface area (Å²) in [5.41, 5.74) is 8.35. The van der Waals surface area contributed by atoms with Crippen molar-refractivity contribution in [3.05, 3.63) is 52.0 Å². The molecule has 1 aliphatic rings. The predicted molar refractivity (Wildman–Crippen MR) is 88.5 cm³/mol. The van der Waals surface area contributed by atoms with E-state index in [-0.39, 0.29) is 17.9 Å². The van der Waals surface area contributed by atoms with Crippen molar-refractivity contribution in [1.29, 1.82) is 0 Å². The van der Waals surface area contributed by atoms with Gasteiger partial charge in [-0.05, 0) is 18.4 Å². The van der Waals surface area contributed by atoms with Crippen molar-refractivity contribution in [2.45, 2.75) is 38.3 Å². The third-order valence-corrected chi connectivity index (χ3v) is 4.98. The number of hydrogen-bond acceptors (Lipinski definition) is 4. The molecule has 1 fully saturated rings. The number of hydrogen-bond donors (Lipinski definition) is 2. The number of aromatic nitrogens is 1. The van der Waals surface area contributed by atoms with Gasteiger partial charge in [0.05, 0.1) is 18.2 Å². The molecule has 2 unspecified atom stereocenters. The van der Waals surface area contributed by atoms with Crippen LogP contribution < -0.4 is 11.1 Å². The molecule has 1 aromatic heterocycles. The Morgan fingerprint density at radius 1 is 1.41 bits per heavy atom. The van der Waals surface area contributed by atoms with Gasteiger partial charge in [-0.25, -0.2) is 4.98 Å². The largest absolute Gasteiger partial charge is 0.349 e. The number of carbonyl (C=O) groups excluding carboxylic acids is 1. The zero-order valence-electron chi connectivity index (χ0n) is 12.7. The summed E-state index contributed by atoms with van der Waals surface area (Å²) in [6.07, 6.45) is 2.50.